The van der Waals surface area contributed by atoms with Crippen molar-refractivity contribution in [3.63, 3.8) is 0 Å². The Kier molecular flexibility index (Phi) is 6.77. The van der Waals surface area contributed by atoms with Crippen molar-refractivity contribution >= 4 is 56.0 Å². The fraction of sp³-hybridized carbons (Fsp3) is 0.269. The van der Waals surface area contributed by atoms with Crippen LogP contribution in [0.25, 0.3) is 21.1 Å². The largest absolute Gasteiger partial charge is 0.453 e. The number of halogens is 2. The van der Waals surface area contributed by atoms with Gasteiger partial charge in [-0.1, -0.05) is 17.5 Å². The molecule has 8 nitrogen and oxygen atoms in total. The normalized spacial score (nSPS) is 15.3. The van der Waals surface area contributed by atoms with Crippen molar-refractivity contribution in [1.82, 2.24) is 19.8 Å². The van der Waals surface area contributed by atoms with E-state index in [0.717, 1.165) is 6.42 Å². The summed E-state index contributed by atoms with van der Waals surface area (Å²) >= 11 is 7.66. The maximum Gasteiger partial charge on any atom is 0.327 e. The number of aromatic nitrogens is 2. The molecule has 4 heterocycles. The van der Waals surface area contributed by atoms with Crippen LogP contribution in [0.2, 0.25) is 5.02 Å². The number of likely N-dealkylation sites (tertiary alicyclic amines) is 1. The van der Waals surface area contributed by atoms with Gasteiger partial charge in [0.1, 0.15) is 5.75 Å². The number of methoxy groups -OCH3 is 1. The molecule has 1 aromatic carbocycles. The molecule has 3 aromatic heterocycles. The number of pyridine rings is 1. The van der Waals surface area contributed by atoms with Gasteiger partial charge in [0.05, 0.1) is 43.7 Å². The Hall–Kier alpha value is -3.65. The third-order valence-corrected chi connectivity index (χ3v) is 7.90. The predicted octanol–water partition coefficient (Wildman–Crippen LogP) is 5.20. The quantitative estimate of drug-likeness (QED) is 0.352. The Morgan fingerprint density at radius 1 is 1.35 bits per heavy atom. The van der Waals surface area contributed by atoms with E-state index in [0.29, 0.717) is 39.6 Å². The highest BCUT2D eigenvalue weighted by Gasteiger charge is 2.28. The minimum absolute atomic E-state index is 0.0211. The molecule has 0 saturated carbocycles. The van der Waals surface area contributed by atoms with Crippen LogP contribution in [0.3, 0.4) is 0 Å². The first kappa shape index (κ1) is 25.0. The first-order chi connectivity index (χ1) is 17.8. The Morgan fingerprint density at radius 2 is 2.16 bits per heavy atom. The van der Waals surface area contributed by atoms with Crippen LogP contribution in [-0.4, -0.2) is 59.2 Å². The zero-order chi connectivity index (χ0) is 26.3. The van der Waals surface area contributed by atoms with Crippen molar-refractivity contribution in [2.45, 2.75) is 19.4 Å². The van der Waals surface area contributed by atoms with Crippen molar-refractivity contribution in [3.8, 4) is 23.8 Å². The van der Waals surface area contributed by atoms with Gasteiger partial charge < -0.3 is 19.7 Å². The maximum absolute atomic E-state index is 15.7. The van der Waals surface area contributed by atoms with E-state index < -0.39 is 11.8 Å². The van der Waals surface area contributed by atoms with Gasteiger partial charge in [-0.2, -0.15) is 0 Å². The molecule has 0 aliphatic carbocycles. The first-order valence-corrected chi connectivity index (χ1v) is 12.6. The lowest BCUT2D eigenvalue weighted by Gasteiger charge is -2.14. The van der Waals surface area contributed by atoms with Gasteiger partial charge in [-0.3, -0.25) is 14.3 Å². The van der Waals surface area contributed by atoms with Gasteiger partial charge in [-0.15, -0.1) is 17.8 Å². The number of rotatable bonds is 5. The summed E-state index contributed by atoms with van der Waals surface area (Å²) in [6.45, 7) is 2.79. The number of amides is 2. The van der Waals surface area contributed by atoms with E-state index >= 15 is 4.39 Å². The Bertz CT molecular complexity index is 1590. The van der Waals surface area contributed by atoms with Crippen molar-refractivity contribution in [1.29, 1.82) is 0 Å². The number of thiophene rings is 1. The monoisotopic (exact) mass is 540 g/mol. The number of hydrogen-bond acceptors (Lipinski definition) is 6. The molecule has 190 valence electrons. The number of nitrogens with zero attached hydrogens (tertiary/aromatic N) is 3. The van der Waals surface area contributed by atoms with Crippen LogP contribution in [-0.2, 0) is 4.74 Å². The molecule has 1 saturated heterocycles. The number of nitrogens with one attached hydrogen (secondary N) is 1. The van der Waals surface area contributed by atoms with Crippen LogP contribution < -0.4 is 10.1 Å². The van der Waals surface area contributed by atoms with Gasteiger partial charge in [0.2, 0.25) is 0 Å². The Morgan fingerprint density at radius 3 is 2.89 bits per heavy atom. The minimum atomic E-state index is -0.713. The molecule has 5 rings (SSSR count). The molecule has 1 aliphatic heterocycles. The lowest BCUT2D eigenvalue weighted by Crippen LogP contribution is -2.29. The van der Waals surface area contributed by atoms with Crippen LogP contribution in [0.5, 0.6) is 11.5 Å². The predicted molar refractivity (Wildman–Crippen MR) is 140 cm³/mol. The summed E-state index contributed by atoms with van der Waals surface area (Å²) in [4.78, 5) is 32.2. The molecule has 1 N–H and O–H groups in total. The summed E-state index contributed by atoms with van der Waals surface area (Å²) in [5.41, 5.74) is 1.22. The van der Waals surface area contributed by atoms with Crippen LogP contribution in [0.4, 0.5) is 9.18 Å². The molecule has 1 atom stereocenters. The number of terminal acetylenes is 1. The number of benzene rings is 1. The first-order valence-electron chi connectivity index (χ1n) is 11.4. The van der Waals surface area contributed by atoms with E-state index in [-0.39, 0.29) is 40.2 Å². The lowest BCUT2D eigenvalue weighted by atomic mass is 10.2. The van der Waals surface area contributed by atoms with Crippen molar-refractivity contribution < 1.29 is 23.5 Å². The fourth-order valence-electron chi connectivity index (χ4n) is 4.43. The van der Waals surface area contributed by atoms with E-state index in [9.17, 15) is 9.59 Å². The molecule has 0 bridgehead atoms. The molecule has 1 fully saturated rings. The highest BCUT2D eigenvalue weighted by molar-refractivity contribution is 7.21. The van der Waals surface area contributed by atoms with Crippen molar-refractivity contribution in [3.05, 3.63) is 51.9 Å². The van der Waals surface area contributed by atoms with E-state index in [1.807, 2.05) is 0 Å². The Labute approximate surface area is 220 Å². The SMILES string of the molecule is C#CCNC(=O)n1c(C)c(Cl)c2c(F)c(Oc3ccnc4cc(C(=O)N5CC[C@@H](OC)C5)sc34)ccc21. The minimum Gasteiger partial charge on any atom is -0.453 e. The average molecular weight is 541 g/mol. The third kappa shape index (κ3) is 4.39. The van der Waals surface area contributed by atoms with Gasteiger partial charge in [0.25, 0.3) is 5.91 Å². The summed E-state index contributed by atoms with van der Waals surface area (Å²) in [5, 5.41) is 2.71. The number of carbonyl (C=O) groups is 2. The Balaban J connectivity index is 1.48. The molecular formula is C26H22ClFN4O4S. The number of hydrogen-bond donors (Lipinski definition) is 1. The zero-order valence-corrected chi connectivity index (χ0v) is 21.6. The maximum atomic E-state index is 15.7. The highest BCUT2D eigenvalue weighted by Crippen LogP contribution is 2.40. The summed E-state index contributed by atoms with van der Waals surface area (Å²) in [5.74, 6) is 1.78. The molecule has 0 spiro atoms. The van der Waals surface area contributed by atoms with Crippen molar-refractivity contribution in [2.24, 2.45) is 0 Å². The molecule has 1 aliphatic rings. The zero-order valence-electron chi connectivity index (χ0n) is 20.0. The van der Waals surface area contributed by atoms with Gasteiger partial charge in [-0.25, -0.2) is 9.18 Å². The van der Waals surface area contributed by atoms with E-state index in [1.165, 1.54) is 28.2 Å². The molecule has 0 unspecified atom stereocenters. The van der Waals surface area contributed by atoms with Crippen LogP contribution in [0, 0.1) is 25.1 Å². The summed E-state index contributed by atoms with van der Waals surface area (Å²) in [6.07, 6.45) is 7.58. The molecule has 4 aromatic rings. The lowest BCUT2D eigenvalue weighted by molar-refractivity contribution is 0.0728. The molecule has 11 heteroatoms. The van der Waals surface area contributed by atoms with E-state index in [2.05, 4.69) is 16.2 Å². The van der Waals surface area contributed by atoms with Gasteiger partial charge in [0.15, 0.2) is 11.6 Å². The summed E-state index contributed by atoms with van der Waals surface area (Å²) in [6, 6.07) is 5.80. The second kappa shape index (κ2) is 10.0. The molecule has 2 amide bonds. The third-order valence-electron chi connectivity index (χ3n) is 6.31. The molecular weight excluding hydrogens is 519 g/mol. The summed E-state index contributed by atoms with van der Waals surface area (Å²) < 4.78 is 28.9. The van der Waals surface area contributed by atoms with Gasteiger partial charge in [0, 0.05) is 38.2 Å². The number of fused-ring (bicyclic) bond motifs is 2. The van der Waals surface area contributed by atoms with Crippen LogP contribution in [0.1, 0.15) is 21.8 Å². The number of carbonyl (C=O) groups excluding carboxylic acids is 2. The van der Waals surface area contributed by atoms with Crippen LogP contribution in [0.15, 0.2) is 30.5 Å². The summed E-state index contributed by atoms with van der Waals surface area (Å²) in [7, 11) is 1.64. The van der Waals surface area contributed by atoms with Gasteiger partial charge >= 0.3 is 6.03 Å². The van der Waals surface area contributed by atoms with Crippen LogP contribution >= 0.6 is 22.9 Å². The van der Waals surface area contributed by atoms with E-state index in [4.69, 9.17) is 27.5 Å². The average Bonchev–Trinajstić information content (AvgIpc) is 3.61. The van der Waals surface area contributed by atoms with E-state index in [1.54, 1.807) is 37.1 Å². The fourth-order valence-corrected chi connectivity index (χ4v) is 5.73. The topological polar surface area (TPSA) is 85.7 Å². The second-order valence-electron chi connectivity index (χ2n) is 8.50. The number of ether oxygens (including phenoxy) is 2. The smallest absolute Gasteiger partial charge is 0.327 e. The van der Waals surface area contributed by atoms with Gasteiger partial charge in [-0.05, 0) is 31.5 Å². The second-order valence-corrected chi connectivity index (χ2v) is 9.93. The molecule has 37 heavy (non-hydrogen) atoms. The highest BCUT2D eigenvalue weighted by atomic mass is 35.5. The molecule has 0 radical (unpaired) electrons. The van der Waals surface area contributed by atoms with Crippen molar-refractivity contribution in [2.75, 3.05) is 26.7 Å². The standard InChI is InChI=1S/C26H22ClFN4O4S/c1-4-9-30-26(34)32-14(2)22(27)21-17(32)5-6-18(23(21)28)36-19-7-10-29-16-12-20(37-24(16)19)25(33)31-11-8-15(13-31)35-3/h1,5-7,10,12,15H,8-9,11,13H2,2-3H3,(H,30,34)/t15-/m1/s1.